The fourth-order valence-electron chi connectivity index (χ4n) is 2.02. The number of anilines is 1. The molecule has 0 fully saturated rings. The maximum atomic E-state index is 12.2. The summed E-state index contributed by atoms with van der Waals surface area (Å²) in [5, 5.41) is 2.94. The summed E-state index contributed by atoms with van der Waals surface area (Å²) in [6.07, 6.45) is 0.794. The molecule has 0 radical (unpaired) electrons. The van der Waals surface area contributed by atoms with Gasteiger partial charge in [-0.1, -0.05) is 0 Å². The van der Waals surface area contributed by atoms with Gasteiger partial charge in [0.15, 0.2) is 0 Å². The number of carbonyl (C=O) groups is 1. The van der Waals surface area contributed by atoms with Crippen LogP contribution in [-0.2, 0) is 4.79 Å². The summed E-state index contributed by atoms with van der Waals surface area (Å²) in [5.41, 5.74) is 8.10. The molecule has 0 saturated heterocycles. The van der Waals surface area contributed by atoms with Gasteiger partial charge in [-0.05, 0) is 0 Å². The Hall–Kier alpha value is -1.23. The van der Waals surface area contributed by atoms with E-state index in [9.17, 15) is 4.79 Å². The molecular weight excluding hydrogens is 307 g/mol. The molecular formula is C13H18N4OSe. The number of nitrogens with one attached hydrogen (secondary N) is 1. The first kappa shape index (κ1) is 14.2. The number of rotatable bonds is 5. The van der Waals surface area contributed by atoms with Crippen LogP contribution in [-0.4, -0.2) is 27.0 Å². The van der Waals surface area contributed by atoms with Crippen LogP contribution in [0.4, 0.5) is 17.1 Å². The van der Waals surface area contributed by atoms with E-state index < -0.39 is 0 Å². The third kappa shape index (κ3) is 3.41. The van der Waals surface area contributed by atoms with E-state index in [4.69, 9.17) is 5.73 Å². The minimum atomic E-state index is -0.153. The topological polar surface area (TPSA) is 79.8 Å². The summed E-state index contributed by atoms with van der Waals surface area (Å²) >= 11 is -0.0889. The van der Waals surface area contributed by atoms with Crippen LogP contribution in [0.5, 0.6) is 0 Å². The van der Waals surface area contributed by atoms with Crippen LogP contribution < -0.4 is 11.1 Å². The standard InChI is InChI=1S/C13H18N4OSe/c1-8(2)6-9(7-14)13(18)15-10-4-3-5-11-12(10)17-19-16-11/h3-5,8-9H,6-7,14H2,1-2H3,(H,15,18). The first-order valence-electron chi connectivity index (χ1n) is 6.34. The van der Waals surface area contributed by atoms with Gasteiger partial charge in [0, 0.05) is 0 Å². The predicted octanol–water partition coefficient (Wildman–Crippen LogP) is 2.59. The molecule has 3 N–H and O–H groups in total. The molecule has 1 aliphatic rings. The molecule has 1 atom stereocenters. The molecule has 0 spiro atoms. The molecule has 0 aliphatic carbocycles. The van der Waals surface area contributed by atoms with Gasteiger partial charge in [0.05, 0.1) is 0 Å². The van der Waals surface area contributed by atoms with Crippen molar-refractivity contribution in [3.05, 3.63) is 18.2 Å². The van der Waals surface area contributed by atoms with Gasteiger partial charge in [0.25, 0.3) is 0 Å². The van der Waals surface area contributed by atoms with Crippen molar-refractivity contribution >= 4 is 37.5 Å². The quantitative estimate of drug-likeness (QED) is 0.829. The Labute approximate surface area is 118 Å². The number of amides is 1. The van der Waals surface area contributed by atoms with Crippen molar-refractivity contribution < 1.29 is 4.79 Å². The van der Waals surface area contributed by atoms with Gasteiger partial charge < -0.3 is 0 Å². The number of hydrogen-bond acceptors (Lipinski definition) is 4. The third-order valence-corrected chi connectivity index (χ3v) is 4.09. The number of nitrogens with two attached hydrogens (primary N) is 1. The second-order valence-corrected chi connectivity index (χ2v) is 6.10. The van der Waals surface area contributed by atoms with Crippen LogP contribution in [0.25, 0.3) is 0 Å². The fourth-order valence-corrected chi connectivity index (χ4v) is 3.17. The van der Waals surface area contributed by atoms with E-state index >= 15 is 0 Å². The van der Waals surface area contributed by atoms with Crippen molar-refractivity contribution in [2.75, 3.05) is 11.9 Å². The van der Waals surface area contributed by atoms with Crippen molar-refractivity contribution in [3.63, 3.8) is 0 Å². The van der Waals surface area contributed by atoms with Crippen molar-refractivity contribution in [2.24, 2.45) is 25.5 Å². The van der Waals surface area contributed by atoms with Crippen molar-refractivity contribution in [1.82, 2.24) is 0 Å². The van der Waals surface area contributed by atoms with Crippen LogP contribution in [0.3, 0.4) is 0 Å². The van der Waals surface area contributed by atoms with Gasteiger partial charge in [0.1, 0.15) is 0 Å². The average molecular weight is 325 g/mol. The van der Waals surface area contributed by atoms with Gasteiger partial charge in [-0.3, -0.25) is 0 Å². The third-order valence-electron chi connectivity index (χ3n) is 2.96. The molecule has 1 heterocycles. The summed E-state index contributed by atoms with van der Waals surface area (Å²) in [6, 6.07) is 5.66. The van der Waals surface area contributed by atoms with Gasteiger partial charge >= 0.3 is 118 Å². The normalized spacial score (nSPS) is 14.1. The van der Waals surface area contributed by atoms with Crippen LogP contribution in [0.2, 0.25) is 0 Å². The van der Waals surface area contributed by atoms with E-state index in [-0.39, 0.29) is 26.4 Å². The Morgan fingerprint density at radius 1 is 1.42 bits per heavy atom. The molecule has 6 heteroatoms. The summed E-state index contributed by atoms with van der Waals surface area (Å²) < 4.78 is 8.65. The maximum absolute atomic E-state index is 12.2. The number of fused-ring (bicyclic) bond motifs is 1. The Kier molecular flexibility index (Phi) is 4.69. The molecule has 19 heavy (non-hydrogen) atoms. The van der Waals surface area contributed by atoms with Gasteiger partial charge in [-0.2, -0.15) is 0 Å². The molecule has 0 bridgehead atoms. The van der Waals surface area contributed by atoms with E-state index in [1.54, 1.807) is 0 Å². The van der Waals surface area contributed by atoms with Crippen LogP contribution in [0.15, 0.2) is 26.1 Å². The molecule has 102 valence electrons. The van der Waals surface area contributed by atoms with Gasteiger partial charge in [-0.25, -0.2) is 0 Å². The molecule has 0 saturated carbocycles. The Morgan fingerprint density at radius 2 is 2.21 bits per heavy atom. The van der Waals surface area contributed by atoms with E-state index in [2.05, 4.69) is 27.1 Å². The fraction of sp³-hybridized carbons (Fsp3) is 0.462. The Morgan fingerprint density at radius 3 is 2.89 bits per heavy atom. The van der Waals surface area contributed by atoms with Gasteiger partial charge in [0.2, 0.25) is 0 Å². The average Bonchev–Trinajstić information content (AvgIpc) is 2.84. The first-order valence-corrected chi connectivity index (χ1v) is 7.87. The van der Waals surface area contributed by atoms with E-state index in [1.165, 1.54) is 0 Å². The molecule has 1 amide bonds. The molecule has 1 aromatic rings. The van der Waals surface area contributed by atoms with Crippen LogP contribution in [0.1, 0.15) is 20.3 Å². The summed E-state index contributed by atoms with van der Waals surface area (Å²) in [4.78, 5) is 12.2. The molecule has 0 aromatic heterocycles. The molecule has 2 rings (SSSR count). The second-order valence-electron chi connectivity index (χ2n) is 4.99. The number of hydrogen-bond donors (Lipinski definition) is 2. The molecule has 5 nitrogen and oxygen atoms in total. The van der Waals surface area contributed by atoms with Crippen molar-refractivity contribution in [3.8, 4) is 0 Å². The second kappa shape index (κ2) is 6.28. The SMILES string of the molecule is CC(C)CC(CN)C(=O)Nc1cccc2c1N=[Se]=N2. The zero-order valence-corrected chi connectivity index (χ0v) is 12.8. The van der Waals surface area contributed by atoms with Gasteiger partial charge in [-0.15, -0.1) is 0 Å². The predicted molar refractivity (Wildman–Crippen MR) is 77.0 cm³/mol. The van der Waals surface area contributed by atoms with E-state index in [0.29, 0.717) is 12.5 Å². The minimum absolute atomic E-state index is 0.0285. The Bertz CT molecular complexity index is 550. The van der Waals surface area contributed by atoms with E-state index in [0.717, 1.165) is 23.5 Å². The number of carbonyl (C=O) groups excluding carboxylic acids is 1. The van der Waals surface area contributed by atoms with Crippen molar-refractivity contribution in [2.45, 2.75) is 20.3 Å². The van der Waals surface area contributed by atoms with Crippen LogP contribution in [0, 0.1) is 11.8 Å². The van der Waals surface area contributed by atoms with Crippen molar-refractivity contribution in [1.29, 1.82) is 0 Å². The summed E-state index contributed by atoms with van der Waals surface area (Å²) in [6.45, 7) is 4.55. The zero-order chi connectivity index (χ0) is 13.8. The van der Waals surface area contributed by atoms with Crippen LogP contribution >= 0.6 is 0 Å². The number of nitrogens with zero attached hydrogens (tertiary/aromatic N) is 2. The van der Waals surface area contributed by atoms with E-state index in [1.807, 2.05) is 18.2 Å². The molecule has 1 unspecified atom stereocenters. The zero-order valence-electron chi connectivity index (χ0n) is 11.1. The monoisotopic (exact) mass is 326 g/mol. The Balaban J connectivity index is 2.11. The summed E-state index contributed by atoms with van der Waals surface area (Å²) in [5.74, 6) is 0.266. The first-order chi connectivity index (χ1) is 9.11. The molecule has 1 aromatic carbocycles. The number of benzene rings is 1. The molecule has 1 aliphatic heterocycles. The summed E-state index contributed by atoms with van der Waals surface area (Å²) in [7, 11) is 0.